The summed E-state index contributed by atoms with van der Waals surface area (Å²) in [5, 5.41) is 12.5. The van der Waals surface area contributed by atoms with Crippen molar-refractivity contribution in [3.05, 3.63) is 29.8 Å². The Labute approximate surface area is 85.4 Å². The smallest absolute Gasteiger partial charge is 0.115 e. The van der Waals surface area contributed by atoms with Crippen LogP contribution in [0.1, 0.15) is 11.6 Å². The van der Waals surface area contributed by atoms with Gasteiger partial charge in [0.15, 0.2) is 0 Å². The number of hydrogen-bond acceptors (Lipinski definition) is 3. The van der Waals surface area contributed by atoms with Crippen LogP contribution < -0.4 is 5.32 Å². The summed E-state index contributed by atoms with van der Waals surface area (Å²) in [6.07, 6.45) is 0. The standard InChI is InChI=1S/C11H18N2O/c1-12-8-11(13(2)3)9-5-4-6-10(14)7-9/h4-7,11-12,14H,8H2,1-3H3. The van der Waals surface area contributed by atoms with Crippen LogP contribution in [0.15, 0.2) is 24.3 Å². The number of rotatable bonds is 4. The third-order valence-electron chi connectivity index (χ3n) is 2.28. The highest BCUT2D eigenvalue weighted by atomic mass is 16.3. The van der Waals surface area contributed by atoms with Crippen LogP contribution in [0.3, 0.4) is 0 Å². The summed E-state index contributed by atoms with van der Waals surface area (Å²) in [7, 11) is 6.00. The maximum Gasteiger partial charge on any atom is 0.115 e. The molecule has 1 aromatic carbocycles. The Kier molecular flexibility index (Phi) is 3.92. The number of phenolic OH excluding ortho intramolecular Hbond substituents is 1. The fraction of sp³-hybridized carbons (Fsp3) is 0.455. The van der Waals surface area contributed by atoms with E-state index in [1.54, 1.807) is 6.07 Å². The Balaban J connectivity index is 2.87. The predicted octanol–water partition coefficient (Wildman–Crippen LogP) is 1.21. The summed E-state index contributed by atoms with van der Waals surface area (Å²) in [4.78, 5) is 2.13. The molecule has 0 aliphatic rings. The highest BCUT2D eigenvalue weighted by molar-refractivity contribution is 5.29. The van der Waals surface area contributed by atoms with Crippen molar-refractivity contribution >= 4 is 0 Å². The minimum Gasteiger partial charge on any atom is -0.508 e. The van der Waals surface area contributed by atoms with Gasteiger partial charge >= 0.3 is 0 Å². The molecular weight excluding hydrogens is 176 g/mol. The van der Waals surface area contributed by atoms with Gasteiger partial charge in [0.25, 0.3) is 0 Å². The van der Waals surface area contributed by atoms with Gasteiger partial charge in [-0.3, -0.25) is 0 Å². The number of hydrogen-bond donors (Lipinski definition) is 2. The quantitative estimate of drug-likeness (QED) is 0.756. The Bertz CT molecular complexity index is 286. The largest absolute Gasteiger partial charge is 0.508 e. The van der Waals surface area contributed by atoms with Gasteiger partial charge in [0.2, 0.25) is 0 Å². The molecule has 1 atom stereocenters. The van der Waals surface area contributed by atoms with E-state index in [0.29, 0.717) is 11.8 Å². The van der Waals surface area contributed by atoms with Crippen LogP contribution in [-0.4, -0.2) is 37.7 Å². The molecule has 0 saturated heterocycles. The van der Waals surface area contributed by atoms with Crippen molar-refractivity contribution in [3.8, 4) is 5.75 Å². The topological polar surface area (TPSA) is 35.5 Å². The van der Waals surface area contributed by atoms with Crippen LogP contribution in [0.4, 0.5) is 0 Å². The zero-order valence-electron chi connectivity index (χ0n) is 8.99. The lowest BCUT2D eigenvalue weighted by atomic mass is 10.1. The number of likely N-dealkylation sites (N-methyl/N-ethyl adjacent to an activating group) is 2. The first kappa shape index (κ1) is 11.0. The molecule has 14 heavy (non-hydrogen) atoms. The monoisotopic (exact) mass is 194 g/mol. The second kappa shape index (κ2) is 4.98. The van der Waals surface area contributed by atoms with Gasteiger partial charge in [0, 0.05) is 12.6 Å². The average molecular weight is 194 g/mol. The molecule has 0 spiro atoms. The van der Waals surface area contributed by atoms with E-state index in [2.05, 4.69) is 10.2 Å². The highest BCUT2D eigenvalue weighted by Crippen LogP contribution is 2.20. The summed E-state index contributed by atoms with van der Waals surface area (Å²) in [5.41, 5.74) is 1.13. The van der Waals surface area contributed by atoms with Crippen molar-refractivity contribution in [2.75, 3.05) is 27.7 Å². The van der Waals surface area contributed by atoms with E-state index in [0.717, 1.165) is 12.1 Å². The molecule has 78 valence electrons. The lowest BCUT2D eigenvalue weighted by Crippen LogP contribution is -2.29. The SMILES string of the molecule is CNCC(c1cccc(O)c1)N(C)C. The molecule has 1 rings (SSSR count). The predicted molar refractivity (Wildman–Crippen MR) is 58.5 cm³/mol. The maximum atomic E-state index is 9.37. The number of phenols is 1. The van der Waals surface area contributed by atoms with E-state index >= 15 is 0 Å². The van der Waals surface area contributed by atoms with Gasteiger partial charge < -0.3 is 15.3 Å². The van der Waals surface area contributed by atoms with Crippen LogP contribution >= 0.6 is 0 Å². The summed E-state index contributed by atoms with van der Waals surface area (Å²) >= 11 is 0. The number of aromatic hydroxyl groups is 1. The first-order valence-electron chi connectivity index (χ1n) is 4.75. The normalized spacial score (nSPS) is 13.1. The molecule has 0 bridgehead atoms. The zero-order valence-corrected chi connectivity index (χ0v) is 8.99. The van der Waals surface area contributed by atoms with E-state index in [-0.39, 0.29) is 0 Å². The molecule has 3 nitrogen and oxygen atoms in total. The molecule has 0 amide bonds. The number of nitrogens with zero attached hydrogens (tertiary/aromatic N) is 1. The molecule has 2 N–H and O–H groups in total. The maximum absolute atomic E-state index is 9.37. The van der Waals surface area contributed by atoms with Crippen LogP contribution in [0, 0.1) is 0 Å². The van der Waals surface area contributed by atoms with Crippen molar-refractivity contribution in [2.45, 2.75) is 6.04 Å². The van der Waals surface area contributed by atoms with Crippen LogP contribution in [0.5, 0.6) is 5.75 Å². The van der Waals surface area contributed by atoms with Gasteiger partial charge in [-0.1, -0.05) is 12.1 Å². The molecular formula is C11H18N2O. The van der Waals surface area contributed by atoms with Crippen LogP contribution in [-0.2, 0) is 0 Å². The summed E-state index contributed by atoms with van der Waals surface area (Å²) in [6.45, 7) is 0.871. The second-order valence-electron chi connectivity index (χ2n) is 3.63. The second-order valence-corrected chi connectivity index (χ2v) is 3.63. The third kappa shape index (κ3) is 2.72. The first-order valence-corrected chi connectivity index (χ1v) is 4.75. The fourth-order valence-electron chi connectivity index (χ4n) is 1.52. The van der Waals surface area contributed by atoms with Crippen molar-refractivity contribution in [1.82, 2.24) is 10.2 Å². The Morgan fingerprint density at radius 2 is 2.14 bits per heavy atom. The van der Waals surface area contributed by atoms with Gasteiger partial charge in [0.05, 0.1) is 0 Å². The summed E-state index contributed by atoms with van der Waals surface area (Å²) in [6, 6.07) is 7.70. The molecule has 1 unspecified atom stereocenters. The first-order chi connectivity index (χ1) is 6.65. The van der Waals surface area contributed by atoms with E-state index in [4.69, 9.17) is 0 Å². The molecule has 0 aliphatic carbocycles. The van der Waals surface area contributed by atoms with Gasteiger partial charge in [-0.2, -0.15) is 0 Å². The Morgan fingerprint density at radius 1 is 1.43 bits per heavy atom. The zero-order chi connectivity index (χ0) is 10.6. The summed E-state index contributed by atoms with van der Waals surface area (Å²) in [5.74, 6) is 0.324. The molecule has 1 aromatic rings. The van der Waals surface area contributed by atoms with Gasteiger partial charge in [-0.25, -0.2) is 0 Å². The lowest BCUT2D eigenvalue weighted by Gasteiger charge is -2.24. The van der Waals surface area contributed by atoms with E-state index < -0.39 is 0 Å². The van der Waals surface area contributed by atoms with Crippen molar-refractivity contribution in [2.24, 2.45) is 0 Å². The van der Waals surface area contributed by atoms with E-state index in [1.807, 2.05) is 39.3 Å². The Morgan fingerprint density at radius 3 is 2.64 bits per heavy atom. The molecule has 0 heterocycles. The fourth-order valence-corrected chi connectivity index (χ4v) is 1.52. The highest BCUT2D eigenvalue weighted by Gasteiger charge is 2.12. The third-order valence-corrected chi connectivity index (χ3v) is 2.28. The number of benzene rings is 1. The minimum atomic E-state index is 0.298. The van der Waals surface area contributed by atoms with Gasteiger partial charge in [0.1, 0.15) is 5.75 Å². The molecule has 0 aliphatic heterocycles. The van der Waals surface area contributed by atoms with Crippen LogP contribution in [0.25, 0.3) is 0 Å². The van der Waals surface area contributed by atoms with Crippen molar-refractivity contribution < 1.29 is 5.11 Å². The number of nitrogens with one attached hydrogen (secondary N) is 1. The Hall–Kier alpha value is -1.06. The van der Waals surface area contributed by atoms with E-state index in [1.165, 1.54) is 0 Å². The minimum absolute atomic E-state index is 0.298. The van der Waals surface area contributed by atoms with Gasteiger partial charge in [-0.15, -0.1) is 0 Å². The van der Waals surface area contributed by atoms with Crippen LogP contribution in [0.2, 0.25) is 0 Å². The molecule has 3 heteroatoms. The average Bonchev–Trinajstić information content (AvgIpc) is 2.13. The molecule has 0 fully saturated rings. The van der Waals surface area contributed by atoms with Crippen molar-refractivity contribution in [1.29, 1.82) is 0 Å². The summed E-state index contributed by atoms with van der Waals surface area (Å²) < 4.78 is 0. The molecule has 0 radical (unpaired) electrons. The van der Waals surface area contributed by atoms with E-state index in [9.17, 15) is 5.11 Å². The van der Waals surface area contributed by atoms with Gasteiger partial charge in [-0.05, 0) is 38.8 Å². The molecule has 0 saturated carbocycles. The molecule has 0 aromatic heterocycles. The lowest BCUT2D eigenvalue weighted by molar-refractivity contribution is 0.293. The van der Waals surface area contributed by atoms with Crippen molar-refractivity contribution in [3.63, 3.8) is 0 Å².